The first-order chi connectivity index (χ1) is 29.4. The summed E-state index contributed by atoms with van der Waals surface area (Å²) in [6, 6.07) is 31.6. The Bertz CT molecular complexity index is 2210. The Balaban J connectivity index is 1.08. The van der Waals surface area contributed by atoms with Gasteiger partial charge in [-0.3, -0.25) is 4.79 Å². The zero-order valence-electron chi connectivity index (χ0n) is 36.4. The van der Waals surface area contributed by atoms with E-state index in [-0.39, 0.29) is 29.7 Å². The van der Waals surface area contributed by atoms with Gasteiger partial charge >= 0.3 is 6.03 Å². The molecule has 4 atom stereocenters. The van der Waals surface area contributed by atoms with Crippen LogP contribution in [0.25, 0.3) is 11.1 Å². The minimum atomic E-state index is -1.22. The van der Waals surface area contributed by atoms with Gasteiger partial charge in [0, 0.05) is 28.8 Å². The summed E-state index contributed by atoms with van der Waals surface area (Å²) in [5.41, 5.74) is 5.41. The highest BCUT2D eigenvalue weighted by Gasteiger charge is 2.59. The molecule has 7 aliphatic rings. The van der Waals surface area contributed by atoms with Gasteiger partial charge in [-0.1, -0.05) is 85.3 Å². The van der Waals surface area contributed by atoms with Crippen molar-refractivity contribution in [2.45, 2.75) is 115 Å². The van der Waals surface area contributed by atoms with Crippen molar-refractivity contribution in [3.63, 3.8) is 0 Å². The van der Waals surface area contributed by atoms with Crippen molar-refractivity contribution in [2.24, 2.45) is 28.6 Å². The summed E-state index contributed by atoms with van der Waals surface area (Å²) in [7, 11) is 1.64. The molecule has 5 saturated carbocycles. The third-order valence-corrected chi connectivity index (χ3v) is 15.9. The summed E-state index contributed by atoms with van der Waals surface area (Å²) < 4.78 is 5.40. The van der Waals surface area contributed by atoms with Crippen molar-refractivity contribution in [1.82, 2.24) is 4.90 Å². The number of hydrogen-bond donors (Lipinski definition) is 3. The molecule has 0 saturated heterocycles. The minimum Gasteiger partial charge on any atom is -0.497 e. The van der Waals surface area contributed by atoms with Gasteiger partial charge in [0.05, 0.1) is 25.4 Å². The number of ether oxygens (including phenoxy) is 1. The third-order valence-electron chi connectivity index (χ3n) is 15.9. The van der Waals surface area contributed by atoms with Crippen LogP contribution in [0.5, 0.6) is 5.75 Å². The largest absolute Gasteiger partial charge is 0.497 e. The fourth-order valence-corrected chi connectivity index (χ4v) is 13.1. The number of ketones is 1. The van der Waals surface area contributed by atoms with E-state index in [9.17, 15) is 19.8 Å². The van der Waals surface area contributed by atoms with Crippen LogP contribution in [-0.2, 0) is 6.42 Å². The van der Waals surface area contributed by atoms with E-state index in [1.54, 1.807) is 7.11 Å². The average Bonchev–Trinajstić information content (AvgIpc) is 3.50. The quantitative estimate of drug-likeness (QED) is 0.115. The maximum Gasteiger partial charge on any atom is 0.321 e. The smallest absolute Gasteiger partial charge is 0.321 e. The fourth-order valence-electron chi connectivity index (χ4n) is 13.1. The van der Waals surface area contributed by atoms with E-state index in [0.717, 1.165) is 77.9 Å². The van der Waals surface area contributed by atoms with Crippen LogP contribution in [0, 0.1) is 28.6 Å². The van der Waals surface area contributed by atoms with E-state index in [2.05, 4.69) is 49.5 Å². The molecule has 2 amide bonds. The maximum absolute atomic E-state index is 14.8. The van der Waals surface area contributed by atoms with Crippen molar-refractivity contribution < 1.29 is 24.5 Å². The van der Waals surface area contributed by atoms with Crippen LogP contribution in [0.4, 0.5) is 10.5 Å². The van der Waals surface area contributed by atoms with Gasteiger partial charge in [0.2, 0.25) is 0 Å². The number of hydrogen-bond acceptors (Lipinski definition) is 5. The molecule has 7 nitrogen and oxygen atoms in total. The number of anilines is 1. The Labute approximate surface area is 362 Å². The van der Waals surface area contributed by atoms with Gasteiger partial charge in [-0.2, -0.15) is 0 Å². The van der Waals surface area contributed by atoms with Gasteiger partial charge in [-0.25, -0.2) is 4.79 Å². The number of nitrogens with one attached hydrogen (secondary N) is 1. The molecule has 0 heterocycles. The van der Waals surface area contributed by atoms with E-state index in [0.29, 0.717) is 55.5 Å². The van der Waals surface area contributed by atoms with Gasteiger partial charge in [0.1, 0.15) is 5.75 Å². The average molecular weight is 821 g/mol. The highest BCUT2D eigenvalue weighted by molar-refractivity contribution is 6.10. The van der Waals surface area contributed by atoms with Crippen LogP contribution in [0.2, 0.25) is 0 Å². The zero-order chi connectivity index (χ0) is 42.4. The number of methoxy groups -OCH3 is 1. The van der Waals surface area contributed by atoms with E-state index >= 15 is 0 Å². The molecule has 0 spiro atoms. The molecular formula is C54H64N2O5. The van der Waals surface area contributed by atoms with Crippen molar-refractivity contribution in [3.05, 3.63) is 131 Å². The molecule has 0 unspecified atom stereocenters. The molecule has 0 radical (unpaired) electrons. The van der Waals surface area contributed by atoms with E-state index in [4.69, 9.17) is 4.74 Å². The molecule has 5 fully saturated rings. The van der Waals surface area contributed by atoms with Crippen LogP contribution < -0.4 is 10.1 Å². The number of aliphatic hydroxyl groups is 2. The van der Waals surface area contributed by atoms with Gasteiger partial charge in [0.15, 0.2) is 5.78 Å². The van der Waals surface area contributed by atoms with Crippen LogP contribution in [0.3, 0.4) is 0 Å². The Morgan fingerprint density at radius 2 is 1.49 bits per heavy atom. The normalized spacial score (nSPS) is 30.6. The lowest BCUT2D eigenvalue weighted by Gasteiger charge is -2.58. The Kier molecular flexibility index (Phi) is 11.5. The Morgan fingerprint density at radius 3 is 2.16 bits per heavy atom. The molecule has 61 heavy (non-hydrogen) atoms. The number of amides is 2. The zero-order valence-corrected chi connectivity index (χ0v) is 36.4. The van der Waals surface area contributed by atoms with Gasteiger partial charge in [0.25, 0.3) is 0 Å². The number of benzene rings is 4. The maximum atomic E-state index is 14.8. The number of fused-ring (bicyclic) bond motifs is 8. The molecule has 320 valence electrons. The molecule has 4 aromatic rings. The summed E-state index contributed by atoms with van der Waals surface area (Å²) in [5, 5.41) is 27.9. The van der Waals surface area contributed by atoms with Crippen LogP contribution in [0.1, 0.15) is 124 Å². The van der Waals surface area contributed by atoms with Crippen molar-refractivity contribution in [3.8, 4) is 16.9 Å². The lowest BCUT2D eigenvalue weighted by atomic mass is 9.49. The lowest BCUT2D eigenvalue weighted by molar-refractivity contribution is -0.0975. The number of carbonyl (C=O) groups is 2. The molecule has 7 aliphatic carbocycles. The van der Waals surface area contributed by atoms with Crippen LogP contribution in [-0.4, -0.2) is 58.8 Å². The summed E-state index contributed by atoms with van der Waals surface area (Å²) in [6.45, 7) is 5.23. The van der Waals surface area contributed by atoms with Crippen LogP contribution in [0.15, 0.2) is 109 Å². The predicted octanol–water partition coefficient (Wildman–Crippen LogP) is 11.4. The molecule has 3 N–H and O–H groups in total. The second-order valence-corrected chi connectivity index (χ2v) is 20.2. The number of rotatable bonds is 9. The fraction of sp³-hybridized carbons (Fsp3) is 0.481. The molecule has 6 bridgehead atoms. The highest BCUT2D eigenvalue weighted by atomic mass is 16.5. The SMILES string of the molecule is COc1ccc(NC(=O)N(CC23CC4CC(CC(C4)C2)C3)C[C@]2(O)CC[C@H]3c4ccc(cc4C(=O)c4ccc(-c5ccccc5)cc4)C[C@@H](O)CCC(C)=CCC[C@@]32C)cc1. The van der Waals surface area contributed by atoms with E-state index in [1.807, 2.05) is 77.7 Å². The van der Waals surface area contributed by atoms with Crippen molar-refractivity contribution in [2.75, 3.05) is 25.5 Å². The molecule has 0 aliphatic heterocycles. The van der Waals surface area contributed by atoms with E-state index in [1.165, 1.54) is 24.8 Å². The van der Waals surface area contributed by atoms with Gasteiger partial charge < -0.3 is 25.2 Å². The first-order valence-electron chi connectivity index (χ1n) is 23.0. The molecule has 4 aromatic carbocycles. The summed E-state index contributed by atoms with van der Waals surface area (Å²) in [6.07, 6.45) is 13.8. The summed E-state index contributed by atoms with van der Waals surface area (Å²) >= 11 is 0. The minimum absolute atomic E-state index is 0.0473. The lowest BCUT2D eigenvalue weighted by Crippen LogP contribution is -2.58. The monoisotopic (exact) mass is 820 g/mol. The first kappa shape index (κ1) is 41.6. The highest BCUT2D eigenvalue weighted by Crippen LogP contribution is 2.62. The number of nitrogens with zero attached hydrogens (tertiary/aromatic N) is 1. The van der Waals surface area contributed by atoms with Crippen molar-refractivity contribution in [1.29, 1.82) is 0 Å². The Morgan fingerprint density at radius 1 is 0.820 bits per heavy atom. The van der Waals surface area contributed by atoms with Gasteiger partial charge in [-0.05, 0) is 172 Å². The van der Waals surface area contributed by atoms with Crippen LogP contribution >= 0.6 is 0 Å². The number of carbonyl (C=O) groups excluding carboxylic acids is 2. The topological polar surface area (TPSA) is 99.1 Å². The predicted molar refractivity (Wildman–Crippen MR) is 243 cm³/mol. The second-order valence-electron chi connectivity index (χ2n) is 20.2. The first-order valence-corrected chi connectivity index (χ1v) is 23.0. The van der Waals surface area contributed by atoms with Crippen molar-refractivity contribution >= 4 is 17.5 Å². The number of allylic oxidation sites excluding steroid dienone is 2. The number of urea groups is 1. The molecule has 7 heteroatoms. The summed E-state index contributed by atoms with van der Waals surface area (Å²) in [5.74, 6) is 2.75. The Hall–Kier alpha value is -4.72. The third kappa shape index (κ3) is 8.45. The van der Waals surface area contributed by atoms with E-state index < -0.39 is 17.1 Å². The molecule has 0 aromatic heterocycles. The number of aliphatic hydroxyl groups excluding tert-OH is 1. The van der Waals surface area contributed by atoms with Gasteiger partial charge in [-0.15, -0.1) is 0 Å². The molecule has 11 rings (SSSR count). The second kappa shape index (κ2) is 16.9. The molecular weight excluding hydrogens is 757 g/mol. The summed E-state index contributed by atoms with van der Waals surface area (Å²) in [4.78, 5) is 31.6. The standard InChI is InChI=1S/C54H64N2O5/c1-36-8-7-24-52(2)49(47-22-12-37(29-45(57)19-11-36)30-48(47)50(58)43-15-13-42(14-16-43)41-9-5-4-6-10-41)23-25-54(52,60)35-56(51(59)55-44-17-20-46(61-3)21-18-44)34-53-31-38-26-39(32-53)28-40(27-38)33-53/h4-6,8-10,12-18,20-22,30,38-40,45,49,57,60H,7,11,19,23-29,31-35H2,1-3H3,(H,55,59)/t38?,39?,40?,45-,49-,52-,53?,54+/m0/s1.